The van der Waals surface area contributed by atoms with Gasteiger partial charge >= 0.3 is 5.97 Å². The number of aliphatic carboxylic acids is 1. The summed E-state index contributed by atoms with van der Waals surface area (Å²) in [6.07, 6.45) is 0.265. The number of halogens is 1. The minimum atomic E-state index is -0.915. The molecule has 2 aromatic rings. The van der Waals surface area contributed by atoms with Crippen LogP contribution >= 0.6 is 11.6 Å². The van der Waals surface area contributed by atoms with E-state index < -0.39 is 18.2 Å². The van der Waals surface area contributed by atoms with E-state index in [2.05, 4.69) is 5.32 Å². The van der Waals surface area contributed by atoms with E-state index in [4.69, 9.17) is 26.2 Å². The molecule has 0 spiro atoms. The molecule has 4 rings (SSSR count). The molecule has 0 saturated carbocycles. The molecule has 0 bridgehead atoms. The molecule has 3 atom stereocenters. The van der Waals surface area contributed by atoms with E-state index in [-0.39, 0.29) is 30.9 Å². The zero-order valence-corrected chi connectivity index (χ0v) is 18.2. The highest BCUT2D eigenvalue weighted by Crippen LogP contribution is 2.32. The van der Waals surface area contributed by atoms with Crippen molar-refractivity contribution in [3.8, 4) is 5.75 Å². The number of anilines is 1. The van der Waals surface area contributed by atoms with Gasteiger partial charge < -0.3 is 24.8 Å². The Labute approximate surface area is 190 Å². The molecular weight excluding hydrogens is 436 g/mol. The molecule has 0 aliphatic carbocycles. The van der Waals surface area contributed by atoms with Crippen LogP contribution in [0.15, 0.2) is 42.5 Å². The first kappa shape index (κ1) is 22.1. The summed E-state index contributed by atoms with van der Waals surface area (Å²) < 4.78 is 11.8. The summed E-state index contributed by atoms with van der Waals surface area (Å²) in [5.41, 5.74) is 1.10. The third kappa shape index (κ3) is 4.56. The van der Waals surface area contributed by atoms with Crippen molar-refractivity contribution in [3.05, 3.63) is 58.6 Å². The van der Waals surface area contributed by atoms with Crippen LogP contribution < -0.4 is 10.1 Å². The Balaban J connectivity index is 1.55. The van der Waals surface area contributed by atoms with E-state index in [9.17, 15) is 14.4 Å². The Kier molecular flexibility index (Phi) is 6.34. The molecule has 9 heteroatoms. The number of carboxylic acids is 1. The molecule has 2 aromatic carbocycles. The Morgan fingerprint density at radius 2 is 2.00 bits per heavy atom. The van der Waals surface area contributed by atoms with Gasteiger partial charge in [-0.3, -0.25) is 14.4 Å². The summed E-state index contributed by atoms with van der Waals surface area (Å²) >= 11 is 6.10. The molecular formula is C23H23ClN2O6. The molecule has 32 heavy (non-hydrogen) atoms. The van der Waals surface area contributed by atoms with Crippen molar-refractivity contribution in [2.75, 3.05) is 19.0 Å². The predicted molar refractivity (Wildman–Crippen MR) is 117 cm³/mol. The molecule has 2 aliphatic heterocycles. The first-order valence-corrected chi connectivity index (χ1v) is 10.7. The number of carbonyl (C=O) groups is 3. The highest BCUT2D eigenvalue weighted by atomic mass is 35.5. The number of fused-ring (bicyclic) bond motifs is 2. The summed E-state index contributed by atoms with van der Waals surface area (Å²) in [6, 6.07) is 11.3. The van der Waals surface area contributed by atoms with Crippen LogP contribution in [0.25, 0.3) is 0 Å². The van der Waals surface area contributed by atoms with Crippen LogP contribution in [-0.2, 0) is 9.53 Å². The van der Waals surface area contributed by atoms with Gasteiger partial charge in [-0.25, -0.2) is 0 Å². The first-order chi connectivity index (χ1) is 15.3. The number of benzene rings is 2. The number of nitrogens with zero attached hydrogens (tertiary/aromatic N) is 1. The van der Waals surface area contributed by atoms with Gasteiger partial charge in [0.1, 0.15) is 18.5 Å². The van der Waals surface area contributed by atoms with Gasteiger partial charge in [0.05, 0.1) is 34.7 Å². The first-order valence-electron chi connectivity index (χ1n) is 10.3. The van der Waals surface area contributed by atoms with E-state index in [0.29, 0.717) is 40.4 Å². The number of hydrogen-bond donors (Lipinski definition) is 2. The minimum Gasteiger partial charge on any atom is -0.490 e. The van der Waals surface area contributed by atoms with Crippen molar-refractivity contribution >= 4 is 35.1 Å². The smallest absolute Gasteiger partial charge is 0.305 e. The van der Waals surface area contributed by atoms with Crippen LogP contribution in [0.3, 0.4) is 0 Å². The second-order valence-corrected chi connectivity index (χ2v) is 8.32. The molecule has 168 valence electrons. The monoisotopic (exact) mass is 458 g/mol. The lowest BCUT2D eigenvalue weighted by molar-refractivity contribution is -0.148. The van der Waals surface area contributed by atoms with E-state index >= 15 is 0 Å². The minimum absolute atomic E-state index is 0.0774. The average Bonchev–Trinajstić information content (AvgIpc) is 2.76. The molecule has 0 aromatic heterocycles. The third-order valence-electron chi connectivity index (χ3n) is 5.79. The van der Waals surface area contributed by atoms with Crippen LogP contribution in [0.5, 0.6) is 5.75 Å². The van der Waals surface area contributed by atoms with Crippen LogP contribution in [0.4, 0.5) is 5.69 Å². The number of nitrogens with one attached hydrogen (secondary N) is 1. The third-order valence-corrected chi connectivity index (χ3v) is 6.12. The topological polar surface area (TPSA) is 105 Å². The fraction of sp³-hybridized carbons (Fsp3) is 0.348. The van der Waals surface area contributed by atoms with Crippen molar-refractivity contribution in [2.24, 2.45) is 0 Å². The van der Waals surface area contributed by atoms with Crippen molar-refractivity contribution in [1.82, 2.24) is 4.90 Å². The largest absolute Gasteiger partial charge is 0.490 e. The summed E-state index contributed by atoms with van der Waals surface area (Å²) in [5.74, 6) is -1.18. The van der Waals surface area contributed by atoms with Crippen molar-refractivity contribution < 1.29 is 29.0 Å². The summed E-state index contributed by atoms with van der Waals surface area (Å²) in [4.78, 5) is 38.5. The van der Waals surface area contributed by atoms with Crippen LogP contribution in [0, 0.1) is 0 Å². The zero-order valence-electron chi connectivity index (χ0n) is 17.4. The summed E-state index contributed by atoms with van der Waals surface area (Å²) in [5, 5.41) is 12.2. The second-order valence-electron chi connectivity index (χ2n) is 7.91. The molecule has 2 amide bonds. The zero-order chi connectivity index (χ0) is 22.8. The Bertz CT molecular complexity index is 1060. The molecule has 1 fully saturated rings. The van der Waals surface area contributed by atoms with Gasteiger partial charge in [-0.1, -0.05) is 23.7 Å². The predicted octanol–water partition coefficient (Wildman–Crippen LogP) is 3.45. The fourth-order valence-corrected chi connectivity index (χ4v) is 4.37. The maximum atomic E-state index is 13.2. The molecule has 0 unspecified atom stereocenters. The average molecular weight is 459 g/mol. The molecule has 0 radical (unpaired) electrons. The van der Waals surface area contributed by atoms with Gasteiger partial charge in [0.2, 0.25) is 0 Å². The van der Waals surface area contributed by atoms with Crippen molar-refractivity contribution in [2.45, 2.75) is 37.5 Å². The van der Waals surface area contributed by atoms with Gasteiger partial charge in [0.25, 0.3) is 11.8 Å². The lowest BCUT2D eigenvalue weighted by atomic mass is 9.94. The van der Waals surface area contributed by atoms with Crippen LogP contribution in [-0.4, -0.2) is 59.7 Å². The van der Waals surface area contributed by atoms with Crippen molar-refractivity contribution in [3.63, 3.8) is 0 Å². The van der Waals surface area contributed by atoms with E-state index in [1.807, 2.05) is 0 Å². The maximum absolute atomic E-state index is 13.2. The van der Waals surface area contributed by atoms with Crippen molar-refractivity contribution in [1.29, 1.82) is 0 Å². The molecule has 1 saturated heterocycles. The lowest BCUT2D eigenvalue weighted by Gasteiger charge is -2.42. The van der Waals surface area contributed by atoms with Gasteiger partial charge in [-0.2, -0.15) is 0 Å². The van der Waals surface area contributed by atoms with Gasteiger partial charge in [-0.05, 0) is 43.2 Å². The highest BCUT2D eigenvalue weighted by molar-refractivity contribution is 6.34. The number of likely N-dealkylation sites (N-methyl/N-ethyl adjacent to an activating group) is 1. The van der Waals surface area contributed by atoms with Gasteiger partial charge in [0, 0.05) is 12.7 Å². The Morgan fingerprint density at radius 1 is 1.22 bits per heavy atom. The highest BCUT2D eigenvalue weighted by Gasteiger charge is 2.39. The molecule has 2 N–H and O–H groups in total. The van der Waals surface area contributed by atoms with E-state index in [1.165, 1.54) is 0 Å². The second kappa shape index (κ2) is 9.18. The quantitative estimate of drug-likeness (QED) is 0.727. The van der Waals surface area contributed by atoms with Gasteiger partial charge in [0.15, 0.2) is 0 Å². The van der Waals surface area contributed by atoms with Gasteiger partial charge in [-0.15, -0.1) is 0 Å². The van der Waals surface area contributed by atoms with Crippen LogP contribution in [0.2, 0.25) is 5.02 Å². The fourth-order valence-electron chi connectivity index (χ4n) is 4.14. The van der Waals surface area contributed by atoms with E-state index in [0.717, 1.165) is 0 Å². The Hall–Kier alpha value is -3.10. The summed E-state index contributed by atoms with van der Waals surface area (Å²) in [6.45, 7) is 0.191. The number of hydrogen-bond acceptors (Lipinski definition) is 5. The number of carboxylic acid groups (broad SMARTS) is 1. The number of rotatable bonds is 4. The molecule has 2 aliphatic rings. The van der Waals surface area contributed by atoms with E-state index in [1.54, 1.807) is 54.4 Å². The Morgan fingerprint density at radius 3 is 2.75 bits per heavy atom. The maximum Gasteiger partial charge on any atom is 0.305 e. The molecule has 8 nitrogen and oxygen atoms in total. The number of amides is 2. The lowest BCUT2D eigenvalue weighted by Crippen LogP contribution is -2.53. The van der Waals surface area contributed by atoms with Crippen LogP contribution in [0.1, 0.15) is 40.0 Å². The number of ether oxygens (including phenoxy) is 2. The normalized spacial score (nSPS) is 22.6. The molecule has 2 heterocycles. The number of carbonyl (C=O) groups excluding carboxylic acids is 2. The summed E-state index contributed by atoms with van der Waals surface area (Å²) in [7, 11) is 1.70. The standard InChI is InChI=1S/C23H23ClN2O6/c1-26-18-8-7-14(11-21(27)28)32-20(18)12-31-19-9-6-13(10-16(19)23(26)30)25-22(29)15-4-2-3-5-17(15)24/h2-6,9-10,14,18,20H,7-8,11-12H2,1H3,(H,25,29)(H,27,28)/t14-,18+,20-/m1/s1. The SMILES string of the molecule is CN1C(=O)c2cc(NC(=O)c3ccccc3Cl)ccc2OC[C@H]2O[C@@H](CC(=O)O)CC[C@@H]21.